The summed E-state index contributed by atoms with van der Waals surface area (Å²) in [7, 11) is 2.13. The Hall–Kier alpha value is -0.610. The smallest absolute Gasteiger partial charge is 0.239 e. The van der Waals surface area contributed by atoms with Crippen molar-refractivity contribution >= 4 is 5.91 Å². The Bertz CT molecular complexity index is 313. The van der Waals surface area contributed by atoms with E-state index in [1.54, 1.807) is 0 Å². The molecular formula is C15H29N3O. The number of rotatable bonds is 9. The summed E-state index contributed by atoms with van der Waals surface area (Å²) in [4.78, 5) is 14.4. The van der Waals surface area contributed by atoms with Gasteiger partial charge in [-0.25, -0.2) is 0 Å². The van der Waals surface area contributed by atoms with E-state index in [0.717, 1.165) is 44.8 Å². The van der Waals surface area contributed by atoms with E-state index in [0.29, 0.717) is 5.92 Å². The van der Waals surface area contributed by atoms with Crippen LogP contribution in [0.2, 0.25) is 0 Å². The van der Waals surface area contributed by atoms with Gasteiger partial charge in [-0.05, 0) is 57.5 Å². The lowest BCUT2D eigenvalue weighted by atomic mass is 9.84. The molecule has 110 valence electrons. The Morgan fingerprint density at radius 2 is 2.05 bits per heavy atom. The molecule has 1 unspecified atom stereocenters. The molecular weight excluding hydrogens is 238 g/mol. The molecule has 0 heterocycles. The molecule has 4 heteroatoms. The molecule has 1 atom stereocenters. The average Bonchev–Trinajstić information content (AvgIpc) is 3.13. The molecule has 2 rings (SSSR count). The SMILES string of the molecule is CCCNC(CN(C)CC1CCC1)(C(N)=O)C1CC1. The second-order valence-corrected chi connectivity index (χ2v) is 6.53. The van der Waals surface area contributed by atoms with Crippen LogP contribution in [0.4, 0.5) is 0 Å². The van der Waals surface area contributed by atoms with Crippen LogP contribution in [0.15, 0.2) is 0 Å². The number of nitrogens with two attached hydrogens (primary N) is 1. The Balaban J connectivity index is 1.96. The largest absolute Gasteiger partial charge is 0.368 e. The van der Waals surface area contributed by atoms with Crippen molar-refractivity contribution in [1.29, 1.82) is 0 Å². The predicted molar refractivity (Wildman–Crippen MR) is 77.8 cm³/mol. The first-order valence-electron chi connectivity index (χ1n) is 7.82. The van der Waals surface area contributed by atoms with Gasteiger partial charge in [-0.15, -0.1) is 0 Å². The summed E-state index contributed by atoms with van der Waals surface area (Å²) in [6.45, 7) is 4.87. The minimum atomic E-state index is -0.492. The van der Waals surface area contributed by atoms with E-state index in [9.17, 15) is 4.79 Å². The van der Waals surface area contributed by atoms with Gasteiger partial charge < -0.3 is 16.0 Å². The first kappa shape index (κ1) is 14.8. The lowest BCUT2D eigenvalue weighted by Gasteiger charge is -2.38. The van der Waals surface area contributed by atoms with Crippen molar-refractivity contribution in [2.45, 2.75) is 51.0 Å². The van der Waals surface area contributed by atoms with Gasteiger partial charge in [0.2, 0.25) is 5.91 Å². The normalized spacial score (nSPS) is 23.1. The molecule has 0 spiro atoms. The van der Waals surface area contributed by atoms with Crippen molar-refractivity contribution in [3.63, 3.8) is 0 Å². The standard InChI is InChI=1S/C15H29N3O/c1-3-9-17-15(14(16)19,13-7-8-13)11-18(2)10-12-5-4-6-12/h12-13,17H,3-11H2,1-2H3,(H2,16,19). The van der Waals surface area contributed by atoms with E-state index in [4.69, 9.17) is 5.73 Å². The van der Waals surface area contributed by atoms with Crippen molar-refractivity contribution in [3.8, 4) is 0 Å². The van der Waals surface area contributed by atoms with Crippen LogP contribution in [0.3, 0.4) is 0 Å². The molecule has 2 aliphatic rings. The average molecular weight is 267 g/mol. The fraction of sp³-hybridized carbons (Fsp3) is 0.933. The first-order valence-corrected chi connectivity index (χ1v) is 7.82. The molecule has 0 radical (unpaired) electrons. The molecule has 4 nitrogen and oxygen atoms in total. The van der Waals surface area contributed by atoms with E-state index >= 15 is 0 Å². The van der Waals surface area contributed by atoms with Gasteiger partial charge in [0.25, 0.3) is 0 Å². The summed E-state index contributed by atoms with van der Waals surface area (Å²) in [6.07, 6.45) is 7.37. The van der Waals surface area contributed by atoms with Crippen molar-refractivity contribution in [3.05, 3.63) is 0 Å². The molecule has 0 aromatic heterocycles. The van der Waals surface area contributed by atoms with Crippen LogP contribution >= 0.6 is 0 Å². The number of hydrogen-bond acceptors (Lipinski definition) is 3. The lowest BCUT2D eigenvalue weighted by molar-refractivity contribution is -0.126. The van der Waals surface area contributed by atoms with E-state index in [2.05, 4.69) is 24.2 Å². The Kier molecular flexibility index (Phi) is 4.85. The van der Waals surface area contributed by atoms with Gasteiger partial charge in [0.1, 0.15) is 5.54 Å². The van der Waals surface area contributed by atoms with Crippen LogP contribution in [0.25, 0.3) is 0 Å². The molecule has 2 aliphatic carbocycles. The second kappa shape index (κ2) is 6.23. The topological polar surface area (TPSA) is 58.4 Å². The highest BCUT2D eigenvalue weighted by molar-refractivity contribution is 5.86. The zero-order valence-electron chi connectivity index (χ0n) is 12.5. The van der Waals surface area contributed by atoms with Crippen molar-refractivity contribution in [1.82, 2.24) is 10.2 Å². The maximum Gasteiger partial charge on any atom is 0.239 e. The number of carbonyl (C=O) groups excluding carboxylic acids is 1. The van der Waals surface area contributed by atoms with Gasteiger partial charge in [-0.2, -0.15) is 0 Å². The highest BCUT2D eigenvalue weighted by Crippen LogP contribution is 2.40. The lowest BCUT2D eigenvalue weighted by Crippen LogP contribution is -2.63. The van der Waals surface area contributed by atoms with Crippen LogP contribution in [-0.4, -0.2) is 43.0 Å². The maximum atomic E-state index is 12.0. The molecule has 0 aromatic rings. The van der Waals surface area contributed by atoms with Crippen LogP contribution in [0, 0.1) is 11.8 Å². The zero-order chi connectivity index (χ0) is 13.9. The minimum Gasteiger partial charge on any atom is -0.368 e. The number of hydrogen-bond donors (Lipinski definition) is 2. The van der Waals surface area contributed by atoms with Crippen molar-refractivity contribution < 1.29 is 4.79 Å². The van der Waals surface area contributed by atoms with Crippen molar-refractivity contribution in [2.24, 2.45) is 17.6 Å². The number of carbonyl (C=O) groups is 1. The first-order chi connectivity index (χ1) is 9.08. The molecule has 2 fully saturated rings. The van der Waals surface area contributed by atoms with Gasteiger partial charge in [-0.3, -0.25) is 4.79 Å². The molecule has 0 aliphatic heterocycles. The molecule has 2 saturated carbocycles. The molecule has 0 aromatic carbocycles. The van der Waals surface area contributed by atoms with E-state index < -0.39 is 5.54 Å². The van der Waals surface area contributed by atoms with Gasteiger partial charge in [-0.1, -0.05) is 13.3 Å². The fourth-order valence-electron chi connectivity index (χ4n) is 3.23. The van der Waals surface area contributed by atoms with Crippen LogP contribution in [0.1, 0.15) is 45.4 Å². The number of likely N-dealkylation sites (N-methyl/N-ethyl adjacent to an activating group) is 1. The number of nitrogens with one attached hydrogen (secondary N) is 1. The molecule has 0 bridgehead atoms. The van der Waals surface area contributed by atoms with Gasteiger partial charge in [0.05, 0.1) is 0 Å². The second-order valence-electron chi connectivity index (χ2n) is 6.53. The van der Waals surface area contributed by atoms with Gasteiger partial charge in [0.15, 0.2) is 0 Å². The monoisotopic (exact) mass is 267 g/mol. The third-order valence-electron chi connectivity index (χ3n) is 4.72. The van der Waals surface area contributed by atoms with Crippen LogP contribution in [0.5, 0.6) is 0 Å². The summed E-state index contributed by atoms with van der Waals surface area (Å²) in [6, 6.07) is 0. The Morgan fingerprint density at radius 3 is 2.47 bits per heavy atom. The number of primary amides is 1. The maximum absolute atomic E-state index is 12.0. The van der Waals surface area contributed by atoms with Gasteiger partial charge in [0, 0.05) is 13.1 Å². The highest BCUT2D eigenvalue weighted by Gasteiger charge is 2.50. The highest BCUT2D eigenvalue weighted by atomic mass is 16.1. The summed E-state index contributed by atoms with van der Waals surface area (Å²) in [5, 5.41) is 3.47. The number of amides is 1. The van der Waals surface area contributed by atoms with Crippen LogP contribution in [-0.2, 0) is 4.79 Å². The predicted octanol–water partition coefficient (Wildman–Crippen LogP) is 1.35. The van der Waals surface area contributed by atoms with E-state index in [1.165, 1.54) is 19.3 Å². The summed E-state index contributed by atoms with van der Waals surface area (Å²) < 4.78 is 0. The summed E-state index contributed by atoms with van der Waals surface area (Å²) in [5.41, 5.74) is 5.26. The summed E-state index contributed by atoms with van der Waals surface area (Å²) in [5.74, 6) is 1.12. The van der Waals surface area contributed by atoms with Gasteiger partial charge >= 0.3 is 0 Å². The summed E-state index contributed by atoms with van der Waals surface area (Å²) >= 11 is 0. The third-order valence-corrected chi connectivity index (χ3v) is 4.72. The molecule has 0 saturated heterocycles. The van der Waals surface area contributed by atoms with Crippen LogP contribution < -0.4 is 11.1 Å². The third kappa shape index (κ3) is 3.48. The van der Waals surface area contributed by atoms with Crippen molar-refractivity contribution in [2.75, 3.05) is 26.7 Å². The quantitative estimate of drug-likeness (QED) is 0.663. The minimum absolute atomic E-state index is 0.163. The Labute approximate surface area is 117 Å². The zero-order valence-corrected chi connectivity index (χ0v) is 12.5. The fourth-order valence-corrected chi connectivity index (χ4v) is 3.23. The molecule has 1 amide bonds. The molecule has 19 heavy (non-hydrogen) atoms. The molecule has 3 N–H and O–H groups in total. The van der Waals surface area contributed by atoms with E-state index in [1.807, 2.05) is 0 Å². The number of nitrogens with zero attached hydrogens (tertiary/aromatic N) is 1. The van der Waals surface area contributed by atoms with E-state index in [-0.39, 0.29) is 5.91 Å². The Morgan fingerprint density at radius 1 is 1.37 bits per heavy atom.